The Labute approximate surface area is 215 Å². The molecule has 8 heteroatoms. The number of imide groups is 1. The minimum Gasteiger partial charge on any atom is -0.454 e. The summed E-state index contributed by atoms with van der Waals surface area (Å²) in [6.07, 6.45) is 0.948. The zero-order valence-corrected chi connectivity index (χ0v) is 20.6. The Bertz CT molecular complexity index is 1260. The van der Waals surface area contributed by atoms with E-state index in [0.717, 1.165) is 21.6 Å². The highest BCUT2D eigenvalue weighted by atomic mass is 16.7. The molecule has 0 aliphatic carbocycles. The average Bonchev–Trinajstić information content (AvgIpc) is 3.45. The number of ether oxygens (including phenoxy) is 2. The molecule has 1 fully saturated rings. The molecule has 0 radical (unpaired) electrons. The van der Waals surface area contributed by atoms with Crippen LogP contribution in [0.4, 0.5) is 4.79 Å². The number of nitrogens with one attached hydrogen (secondary N) is 2. The monoisotopic (exact) mass is 499 g/mol. The number of benzene rings is 3. The second-order valence-electron chi connectivity index (χ2n) is 9.53. The van der Waals surface area contributed by atoms with E-state index in [2.05, 4.69) is 34.9 Å². The van der Waals surface area contributed by atoms with Crippen molar-refractivity contribution in [2.75, 3.05) is 19.9 Å². The van der Waals surface area contributed by atoms with Gasteiger partial charge >= 0.3 is 6.03 Å². The molecular formula is C29H29N3O5. The molecule has 0 bridgehead atoms. The van der Waals surface area contributed by atoms with E-state index in [1.54, 1.807) is 19.1 Å². The van der Waals surface area contributed by atoms with Crippen molar-refractivity contribution in [2.24, 2.45) is 0 Å². The van der Waals surface area contributed by atoms with Gasteiger partial charge in [0.2, 0.25) is 12.7 Å². The molecule has 3 aromatic carbocycles. The van der Waals surface area contributed by atoms with Gasteiger partial charge in [-0.05, 0) is 42.2 Å². The van der Waals surface area contributed by atoms with E-state index in [-0.39, 0.29) is 31.6 Å². The molecule has 5 rings (SSSR count). The van der Waals surface area contributed by atoms with Gasteiger partial charge in [-0.15, -0.1) is 0 Å². The number of carbonyl (C=O) groups is 3. The maximum absolute atomic E-state index is 13.2. The summed E-state index contributed by atoms with van der Waals surface area (Å²) < 4.78 is 10.7. The van der Waals surface area contributed by atoms with Crippen LogP contribution in [-0.2, 0) is 16.0 Å². The summed E-state index contributed by atoms with van der Waals surface area (Å²) in [6.45, 7) is 1.90. The fourth-order valence-corrected chi connectivity index (χ4v) is 4.92. The first kappa shape index (κ1) is 24.4. The van der Waals surface area contributed by atoms with Gasteiger partial charge in [0.1, 0.15) is 12.1 Å². The van der Waals surface area contributed by atoms with Gasteiger partial charge in [0.15, 0.2) is 11.5 Å². The van der Waals surface area contributed by atoms with Crippen molar-refractivity contribution in [2.45, 2.75) is 31.2 Å². The SMILES string of the molecule is C[C@@]1(Cc2ccc3c(c2)OCO3)NC(=O)N(CC(=O)NCCC(c2ccccc2)c2ccccc2)C1=O. The second-order valence-corrected chi connectivity index (χ2v) is 9.53. The average molecular weight is 500 g/mol. The Balaban J connectivity index is 1.18. The number of rotatable bonds is 9. The summed E-state index contributed by atoms with van der Waals surface area (Å²) in [5.74, 6) is 0.561. The summed E-state index contributed by atoms with van der Waals surface area (Å²) in [6, 6.07) is 25.1. The molecule has 3 aromatic rings. The van der Waals surface area contributed by atoms with Crippen molar-refractivity contribution in [3.05, 3.63) is 95.6 Å². The van der Waals surface area contributed by atoms with E-state index in [0.29, 0.717) is 24.5 Å². The van der Waals surface area contributed by atoms with Gasteiger partial charge in [0.25, 0.3) is 5.91 Å². The van der Waals surface area contributed by atoms with Crippen molar-refractivity contribution in [1.29, 1.82) is 0 Å². The van der Waals surface area contributed by atoms with Gasteiger partial charge in [0, 0.05) is 18.9 Å². The highest BCUT2D eigenvalue weighted by molar-refractivity contribution is 6.08. The molecule has 190 valence electrons. The fourth-order valence-electron chi connectivity index (χ4n) is 4.92. The van der Waals surface area contributed by atoms with Crippen LogP contribution in [0.1, 0.15) is 36.0 Å². The van der Waals surface area contributed by atoms with Crippen LogP contribution in [0, 0.1) is 0 Å². The van der Waals surface area contributed by atoms with Crippen LogP contribution >= 0.6 is 0 Å². The third-order valence-electron chi connectivity index (χ3n) is 6.80. The molecule has 37 heavy (non-hydrogen) atoms. The summed E-state index contributed by atoms with van der Waals surface area (Å²) in [7, 11) is 0. The normalized spacial score (nSPS) is 18.3. The minimum absolute atomic E-state index is 0.115. The lowest BCUT2D eigenvalue weighted by atomic mass is 9.88. The van der Waals surface area contributed by atoms with Gasteiger partial charge in [-0.3, -0.25) is 14.5 Å². The van der Waals surface area contributed by atoms with Crippen LogP contribution < -0.4 is 20.1 Å². The Morgan fingerprint density at radius 2 is 1.62 bits per heavy atom. The van der Waals surface area contributed by atoms with Gasteiger partial charge in [-0.2, -0.15) is 0 Å². The number of hydrogen-bond acceptors (Lipinski definition) is 5. The third-order valence-corrected chi connectivity index (χ3v) is 6.80. The lowest BCUT2D eigenvalue weighted by Crippen LogP contribution is -2.47. The number of fused-ring (bicyclic) bond motifs is 1. The number of nitrogens with zero attached hydrogens (tertiary/aromatic N) is 1. The van der Waals surface area contributed by atoms with Gasteiger partial charge < -0.3 is 20.1 Å². The Morgan fingerprint density at radius 3 is 2.30 bits per heavy atom. The van der Waals surface area contributed by atoms with E-state index in [4.69, 9.17) is 9.47 Å². The molecule has 2 N–H and O–H groups in total. The zero-order chi connectivity index (χ0) is 25.8. The van der Waals surface area contributed by atoms with E-state index in [9.17, 15) is 14.4 Å². The predicted octanol–water partition coefficient (Wildman–Crippen LogP) is 3.61. The first-order valence-corrected chi connectivity index (χ1v) is 12.3. The van der Waals surface area contributed by atoms with Crippen LogP contribution in [-0.4, -0.2) is 48.2 Å². The van der Waals surface area contributed by atoms with E-state index in [1.807, 2.05) is 42.5 Å². The van der Waals surface area contributed by atoms with Gasteiger partial charge in [-0.25, -0.2) is 4.79 Å². The Kier molecular flexibility index (Phi) is 6.81. The van der Waals surface area contributed by atoms with Gasteiger partial charge in [-0.1, -0.05) is 66.7 Å². The first-order chi connectivity index (χ1) is 17.9. The molecule has 1 atom stereocenters. The van der Waals surface area contributed by atoms with Crippen LogP contribution in [0.15, 0.2) is 78.9 Å². The molecule has 1 saturated heterocycles. The number of urea groups is 1. The first-order valence-electron chi connectivity index (χ1n) is 12.3. The molecule has 0 unspecified atom stereocenters. The van der Waals surface area contributed by atoms with Crippen LogP contribution in [0.25, 0.3) is 0 Å². The summed E-state index contributed by atoms with van der Waals surface area (Å²) in [4.78, 5) is 39.5. The molecule has 0 spiro atoms. The summed E-state index contributed by atoms with van der Waals surface area (Å²) >= 11 is 0. The number of amides is 4. The highest BCUT2D eigenvalue weighted by Crippen LogP contribution is 2.34. The van der Waals surface area contributed by atoms with Crippen molar-refractivity contribution in [3.8, 4) is 11.5 Å². The van der Waals surface area contributed by atoms with Crippen LogP contribution in [0.3, 0.4) is 0 Å². The standard InChI is InChI=1S/C29H29N3O5/c1-29(17-20-12-13-24-25(16-20)37-19-36-24)27(34)32(28(35)31-29)18-26(33)30-15-14-23(21-8-4-2-5-9-21)22-10-6-3-7-11-22/h2-13,16,23H,14-15,17-19H2,1H3,(H,30,33)(H,31,35)/t29-/m0/s1. The van der Waals surface area contributed by atoms with Crippen LogP contribution in [0.2, 0.25) is 0 Å². The predicted molar refractivity (Wildman–Crippen MR) is 137 cm³/mol. The topological polar surface area (TPSA) is 97.0 Å². The molecule has 2 aliphatic rings. The molecule has 0 aromatic heterocycles. The minimum atomic E-state index is -1.16. The van der Waals surface area contributed by atoms with Crippen molar-refractivity contribution >= 4 is 17.8 Å². The Hall–Kier alpha value is -4.33. The number of hydrogen-bond donors (Lipinski definition) is 2. The van der Waals surface area contributed by atoms with Crippen molar-refractivity contribution in [1.82, 2.24) is 15.5 Å². The highest BCUT2D eigenvalue weighted by Gasteiger charge is 2.48. The third kappa shape index (κ3) is 5.28. The summed E-state index contributed by atoms with van der Waals surface area (Å²) in [5, 5.41) is 5.64. The van der Waals surface area contributed by atoms with Gasteiger partial charge in [0.05, 0.1) is 0 Å². The smallest absolute Gasteiger partial charge is 0.325 e. The molecular weight excluding hydrogens is 470 g/mol. The number of carbonyl (C=O) groups excluding carboxylic acids is 3. The van der Waals surface area contributed by atoms with Crippen LogP contribution in [0.5, 0.6) is 11.5 Å². The van der Waals surface area contributed by atoms with Crippen molar-refractivity contribution in [3.63, 3.8) is 0 Å². The second kappa shape index (κ2) is 10.3. The molecule has 2 aliphatic heterocycles. The lowest BCUT2D eigenvalue weighted by Gasteiger charge is -2.22. The molecule has 0 saturated carbocycles. The maximum atomic E-state index is 13.2. The Morgan fingerprint density at radius 1 is 0.973 bits per heavy atom. The fraction of sp³-hybridized carbons (Fsp3) is 0.276. The zero-order valence-electron chi connectivity index (χ0n) is 20.6. The summed E-state index contributed by atoms with van der Waals surface area (Å²) in [5.41, 5.74) is 1.99. The maximum Gasteiger partial charge on any atom is 0.325 e. The van der Waals surface area contributed by atoms with Crippen molar-refractivity contribution < 1.29 is 23.9 Å². The lowest BCUT2D eigenvalue weighted by molar-refractivity contribution is -0.134. The molecule has 8 nitrogen and oxygen atoms in total. The quantitative estimate of drug-likeness (QED) is 0.439. The molecule has 4 amide bonds. The largest absolute Gasteiger partial charge is 0.454 e. The van der Waals surface area contributed by atoms with E-state index >= 15 is 0 Å². The molecule has 2 heterocycles. The van der Waals surface area contributed by atoms with E-state index in [1.165, 1.54) is 0 Å². The van der Waals surface area contributed by atoms with E-state index < -0.39 is 17.5 Å².